The van der Waals surface area contributed by atoms with Gasteiger partial charge in [-0.1, -0.05) is 69.2 Å². The number of pyridine rings is 1. The maximum absolute atomic E-state index is 4.87. The summed E-state index contributed by atoms with van der Waals surface area (Å²) in [6.07, 6.45) is 9.68. The lowest BCUT2D eigenvalue weighted by Gasteiger charge is -2.05. The van der Waals surface area contributed by atoms with Crippen molar-refractivity contribution in [2.24, 2.45) is 9.98 Å². The second kappa shape index (κ2) is 11.9. The maximum Gasteiger partial charge on any atom is 0.130 e. The van der Waals surface area contributed by atoms with Crippen LogP contribution in [0, 0.1) is 0 Å². The molecule has 1 N–H and O–H groups in total. The monoisotopic (exact) mass is 399 g/mol. The maximum atomic E-state index is 4.87. The molecule has 0 aliphatic heterocycles. The fourth-order valence-corrected chi connectivity index (χ4v) is 3.47. The van der Waals surface area contributed by atoms with Gasteiger partial charge in [0.25, 0.3) is 0 Å². The number of unbranched alkanes of at least 4 members (excludes halogenated alkanes) is 2. The van der Waals surface area contributed by atoms with Crippen LogP contribution in [-0.4, -0.2) is 11.2 Å². The molecule has 3 nitrogen and oxygen atoms in total. The summed E-state index contributed by atoms with van der Waals surface area (Å²) in [5.74, 6) is 0. The Bertz CT molecular complexity index is 1010. The molecule has 0 saturated carbocycles. The molecule has 0 spiro atoms. The van der Waals surface area contributed by atoms with Crippen LogP contribution in [-0.2, 0) is 19.3 Å². The highest BCUT2D eigenvalue weighted by Crippen LogP contribution is 2.21. The number of H-pyrrole nitrogens is 1. The van der Waals surface area contributed by atoms with Gasteiger partial charge in [-0.15, -0.1) is 0 Å². The number of aliphatic imine (C=N–C) groups is 1. The lowest BCUT2D eigenvalue weighted by atomic mass is 10.1. The zero-order chi connectivity index (χ0) is 21.0. The lowest BCUT2D eigenvalue weighted by Crippen LogP contribution is -2.09. The normalized spacial score (nSPS) is 12.0. The number of hydrogen-bond donors (Lipinski definition) is 1. The third-order valence-electron chi connectivity index (χ3n) is 5.21. The van der Waals surface area contributed by atoms with Crippen LogP contribution in [0.15, 0.2) is 76.7 Å². The minimum Gasteiger partial charge on any atom is -0.343 e. The Hall–Kier alpha value is -2.94. The van der Waals surface area contributed by atoms with E-state index in [1.807, 2.05) is 12.3 Å². The van der Waals surface area contributed by atoms with E-state index in [9.17, 15) is 0 Å². The molecule has 0 bridgehead atoms. The second-order valence-corrected chi connectivity index (χ2v) is 7.65. The summed E-state index contributed by atoms with van der Waals surface area (Å²) in [7, 11) is 0. The van der Waals surface area contributed by atoms with E-state index in [1.54, 1.807) is 0 Å². The van der Waals surface area contributed by atoms with Crippen LogP contribution >= 0.6 is 0 Å². The molecule has 3 aromatic rings. The third kappa shape index (κ3) is 6.55. The van der Waals surface area contributed by atoms with Crippen molar-refractivity contribution in [2.75, 3.05) is 0 Å². The van der Waals surface area contributed by atoms with E-state index < -0.39 is 0 Å². The van der Waals surface area contributed by atoms with E-state index >= 15 is 0 Å². The Morgan fingerprint density at radius 2 is 1.37 bits per heavy atom. The molecule has 0 aliphatic carbocycles. The zero-order valence-electron chi connectivity index (χ0n) is 18.3. The van der Waals surface area contributed by atoms with Crippen LogP contribution in [0.4, 0.5) is 11.4 Å². The molecule has 0 fully saturated rings. The van der Waals surface area contributed by atoms with Crippen molar-refractivity contribution in [3.63, 3.8) is 0 Å². The molecule has 0 amide bonds. The first kappa shape index (κ1) is 21.8. The van der Waals surface area contributed by atoms with Gasteiger partial charge in [-0.25, -0.2) is 4.99 Å². The molecule has 0 atom stereocenters. The van der Waals surface area contributed by atoms with Crippen LogP contribution in [0.3, 0.4) is 0 Å². The predicted octanol–water partition coefficient (Wildman–Crippen LogP) is 6.88. The number of para-hydroxylation sites is 2. The predicted molar refractivity (Wildman–Crippen MR) is 128 cm³/mol. The van der Waals surface area contributed by atoms with E-state index in [0.717, 1.165) is 41.8 Å². The molecule has 2 aromatic carbocycles. The average molecular weight is 400 g/mol. The van der Waals surface area contributed by atoms with Crippen LogP contribution < -0.4 is 5.49 Å². The SMILES string of the molecule is CCCCc1ccccc1N=CCc1cccc(=Nc2ccccc2CCCC)[nH]1. The highest BCUT2D eigenvalue weighted by molar-refractivity contribution is 5.66. The topological polar surface area (TPSA) is 40.5 Å². The van der Waals surface area contributed by atoms with Gasteiger partial charge in [0, 0.05) is 18.3 Å². The van der Waals surface area contributed by atoms with E-state index in [0.29, 0.717) is 0 Å². The number of benzene rings is 2. The molecular formula is C27H33N3. The first-order chi connectivity index (χ1) is 14.8. The van der Waals surface area contributed by atoms with Gasteiger partial charge in [-0.2, -0.15) is 0 Å². The van der Waals surface area contributed by atoms with Crippen molar-refractivity contribution in [3.8, 4) is 0 Å². The van der Waals surface area contributed by atoms with Gasteiger partial charge in [-0.3, -0.25) is 4.99 Å². The summed E-state index contributed by atoms with van der Waals surface area (Å²) in [4.78, 5) is 13.1. The van der Waals surface area contributed by atoms with Crippen molar-refractivity contribution < 1.29 is 0 Å². The van der Waals surface area contributed by atoms with E-state index in [4.69, 9.17) is 9.98 Å². The number of aromatic amines is 1. The van der Waals surface area contributed by atoms with Crippen LogP contribution in [0.5, 0.6) is 0 Å². The fourth-order valence-electron chi connectivity index (χ4n) is 3.47. The minimum absolute atomic E-state index is 0.753. The molecule has 1 aromatic heterocycles. The molecule has 1 heterocycles. The van der Waals surface area contributed by atoms with Crippen molar-refractivity contribution in [2.45, 2.75) is 58.8 Å². The number of aromatic nitrogens is 1. The third-order valence-corrected chi connectivity index (χ3v) is 5.21. The molecule has 0 radical (unpaired) electrons. The summed E-state index contributed by atoms with van der Waals surface area (Å²) in [5.41, 5.74) is 6.76. The number of nitrogens with one attached hydrogen (secondary N) is 1. The van der Waals surface area contributed by atoms with E-state index in [-0.39, 0.29) is 0 Å². The van der Waals surface area contributed by atoms with Gasteiger partial charge >= 0.3 is 0 Å². The number of rotatable bonds is 10. The van der Waals surface area contributed by atoms with Gasteiger partial charge in [0.2, 0.25) is 0 Å². The number of hydrogen-bond acceptors (Lipinski definition) is 2. The van der Waals surface area contributed by atoms with Crippen molar-refractivity contribution in [3.05, 3.63) is 89.0 Å². The Morgan fingerprint density at radius 3 is 2.07 bits per heavy atom. The summed E-state index contributed by atoms with van der Waals surface area (Å²) < 4.78 is 0. The van der Waals surface area contributed by atoms with Crippen molar-refractivity contribution in [1.82, 2.24) is 4.98 Å². The van der Waals surface area contributed by atoms with Crippen molar-refractivity contribution >= 4 is 17.6 Å². The summed E-state index contributed by atoms with van der Waals surface area (Å²) in [6.45, 7) is 4.45. The Balaban J connectivity index is 1.74. The van der Waals surface area contributed by atoms with Gasteiger partial charge in [-0.05, 0) is 61.1 Å². The van der Waals surface area contributed by atoms with Gasteiger partial charge in [0.05, 0.1) is 11.4 Å². The molecule has 3 heteroatoms. The van der Waals surface area contributed by atoms with Crippen LogP contribution in [0.1, 0.15) is 56.4 Å². The Kier molecular flexibility index (Phi) is 8.64. The highest BCUT2D eigenvalue weighted by Gasteiger charge is 2.01. The first-order valence-corrected chi connectivity index (χ1v) is 11.2. The van der Waals surface area contributed by atoms with Crippen LogP contribution in [0.25, 0.3) is 0 Å². The molecule has 0 unspecified atom stereocenters. The summed E-state index contributed by atoms with van der Waals surface area (Å²) in [6, 6.07) is 23.1. The van der Waals surface area contributed by atoms with Gasteiger partial charge < -0.3 is 4.98 Å². The minimum atomic E-state index is 0.753. The quantitative estimate of drug-likeness (QED) is 0.361. The van der Waals surface area contributed by atoms with Gasteiger partial charge in [0.15, 0.2) is 0 Å². The summed E-state index contributed by atoms with van der Waals surface area (Å²) >= 11 is 0. The molecule has 30 heavy (non-hydrogen) atoms. The standard InChI is InChI=1S/C27H33N3/c1-3-5-12-22-14-7-9-17-25(22)28-21-20-24-16-11-19-27(29-24)30-26-18-10-8-15-23(26)13-6-4-2/h7-11,14-19,21H,3-6,12-13,20H2,1-2H3,(H,29,30). The zero-order valence-corrected chi connectivity index (χ0v) is 18.3. The van der Waals surface area contributed by atoms with E-state index in [2.05, 4.69) is 79.5 Å². The Labute approximate surface area is 180 Å². The van der Waals surface area contributed by atoms with E-state index in [1.165, 1.54) is 36.8 Å². The van der Waals surface area contributed by atoms with Gasteiger partial charge in [0.1, 0.15) is 5.49 Å². The smallest absolute Gasteiger partial charge is 0.130 e. The Morgan fingerprint density at radius 1 is 0.733 bits per heavy atom. The number of nitrogens with zero attached hydrogens (tertiary/aromatic N) is 2. The molecule has 0 aliphatic rings. The van der Waals surface area contributed by atoms with Crippen molar-refractivity contribution in [1.29, 1.82) is 0 Å². The lowest BCUT2D eigenvalue weighted by molar-refractivity contribution is 0.794. The van der Waals surface area contributed by atoms with Crippen LogP contribution in [0.2, 0.25) is 0 Å². The summed E-state index contributed by atoms with van der Waals surface area (Å²) in [5, 5.41) is 0. The second-order valence-electron chi connectivity index (χ2n) is 7.65. The largest absolute Gasteiger partial charge is 0.343 e. The average Bonchev–Trinajstić information content (AvgIpc) is 2.78. The molecule has 3 rings (SSSR count). The molecule has 156 valence electrons. The first-order valence-electron chi connectivity index (χ1n) is 11.2. The highest BCUT2D eigenvalue weighted by atomic mass is 14.9. The molecular weight excluding hydrogens is 366 g/mol. The molecule has 0 saturated heterocycles. The fraction of sp³-hybridized carbons (Fsp3) is 0.333. The number of aryl methyl sites for hydroxylation is 2.